The smallest absolute Gasteiger partial charge is 0.246 e. The monoisotopic (exact) mass is 330 g/mol. The normalized spacial score (nSPS) is 13.8. The van der Waals surface area contributed by atoms with Crippen LogP contribution in [0.4, 0.5) is 11.4 Å². The van der Waals surface area contributed by atoms with Gasteiger partial charge in [0.2, 0.25) is 5.91 Å². The van der Waals surface area contributed by atoms with Crippen molar-refractivity contribution in [2.24, 2.45) is 0 Å². The minimum Gasteiger partial charge on any atom is -0.374 e. The number of anilines is 2. The first-order valence-electron chi connectivity index (χ1n) is 6.62. The van der Waals surface area contributed by atoms with Crippen molar-refractivity contribution in [2.45, 2.75) is 6.42 Å². The Hall–Kier alpha value is -1.81. The fourth-order valence-electron chi connectivity index (χ4n) is 2.41. The maximum Gasteiger partial charge on any atom is 0.246 e. The van der Waals surface area contributed by atoms with Gasteiger partial charge in [-0.15, -0.1) is 0 Å². The molecule has 0 radical (unpaired) electrons. The van der Waals surface area contributed by atoms with E-state index in [4.69, 9.17) is 0 Å². The molecule has 0 unspecified atom stereocenters. The molecule has 1 aliphatic rings. The second-order valence-electron chi connectivity index (χ2n) is 4.80. The van der Waals surface area contributed by atoms with Crippen LogP contribution in [0.2, 0.25) is 0 Å². The minimum absolute atomic E-state index is 0.117. The van der Waals surface area contributed by atoms with E-state index in [2.05, 4.69) is 33.4 Å². The number of hydrogen-bond donors (Lipinski definition) is 1. The summed E-state index contributed by atoms with van der Waals surface area (Å²) in [6, 6.07) is 16.2. The Bertz CT molecular complexity index is 628. The van der Waals surface area contributed by atoms with Crippen molar-refractivity contribution in [3.8, 4) is 0 Å². The van der Waals surface area contributed by atoms with Crippen LogP contribution in [-0.2, 0) is 11.2 Å². The molecule has 1 heterocycles. The molecule has 0 bridgehead atoms. The topological polar surface area (TPSA) is 32.3 Å². The maximum atomic E-state index is 12.1. The summed E-state index contributed by atoms with van der Waals surface area (Å²) in [5.74, 6) is 0.117. The van der Waals surface area contributed by atoms with Gasteiger partial charge in [0, 0.05) is 11.0 Å². The Kier molecular flexibility index (Phi) is 3.74. The highest BCUT2D eigenvalue weighted by Crippen LogP contribution is 2.32. The first-order valence-corrected chi connectivity index (χ1v) is 7.41. The highest BCUT2D eigenvalue weighted by Gasteiger charge is 2.23. The van der Waals surface area contributed by atoms with Gasteiger partial charge < -0.3 is 10.2 Å². The van der Waals surface area contributed by atoms with Crippen LogP contribution in [-0.4, -0.2) is 19.0 Å². The van der Waals surface area contributed by atoms with Crippen LogP contribution in [0, 0.1) is 0 Å². The number of rotatable bonds is 3. The number of carbonyl (C=O) groups excluding carboxylic acids is 1. The third kappa shape index (κ3) is 2.70. The molecular formula is C16H15BrN2O. The molecule has 0 aromatic heterocycles. The van der Waals surface area contributed by atoms with Crippen LogP contribution in [0.25, 0.3) is 0 Å². The Morgan fingerprint density at radius 1 is 1.15 bits per heavy atom. The highest BCUT2D eigenvalue weighted by molar-refractivity contribution is 9.10. The molecule has 0 aliphatic carbocycles. The lowest BCUT2D eigenvalue weighted by Crippen LogP contribution is -2.41. The molecule has 20 heavy (non-hydrogen) atoms. The number of halogens is 1. The van der Waals surface area contributed by atoms with E-state index in [1.165, 1.54) is 5.56 Å². The van der Waals surface area contributed by atoms with Gasteiger partial charge in [0.15, 0.2) is 0 Å². The summed E-state index contributed by atoms with van der Waals surface area (Å²) in [6.07, 6.45) is 0.860. The van der Waals surface area contributed by atoms with Crippen LogP contribution in [0.3, 0.4) is 0 Å². The molecule has 1 amide bonds. The van der Waals surface area contributed by atoms with Gasteiger partial charge in [-0.05, 0) is 30.2 Å². The lowest BCUT2D eigenvalue weighted by atomic mass is 10.1. The first kappa shape index (κ1) is 13.2. The van der Waals surface area contributed by atoms with Crippen LogP contribution in [0.15, 0.2) is 53.0 Å². The van der Waals surface area contributed by atoms with E-state index in [1.54, 1.807) is 0 Å². The molecular weight excluding hydrogens is 316 g/mol. The molecule has 2 aromatic rings. The zero-order valence-corrected chi connectivity index (χ0v) is 12.6. The van der Waals surface area contributed by atoms with Crippen molar-refractivity contribution in [3.63, 3.8) is 0 Å². The fourth-order valence-corrected chi connectivity index (χ4v) is 2.76. The van der Waals surface area contributed by atoms with E-state index in [0.29, 0.717) is 13.1 Å². The number of carbonyl (C=O) groups is 1. The summed E-state index contributed by atoms with van der Waals surface area (Å²) in [5, 5.41) is 3.16. The predicted molar refractivity (Wildman–Crippen MR) is 85.1 cm³/mol. The van der Waals surface area contributed by atoms with Gasteiger partial charge in [-0.2, -0.15) is 0 Å². The Balaban J connectivity index is 1.82. The SMILES string of the molecule is O=C1CNc2ccc(Br)cc2N1CCc1ccccc1. The second-order valence-corrected chi connectivity index (χ2v) is 5.71. The third-order valence-corrected chi connectivity index (χ3v) is 3.94. The molecule has 1 aliphatic heterocycles. The molecule has 2 aromatic carbocycles. The van der Waals surface area contributed by atoms with E-state index in [0.717, 1.165) is 22.3 Å². The van der Waals surface area contributed by atoms with Crippen molar-refractivity contribution in [3.05, 3.63) is 58.6 Å². The maximum absolute atomic E-state index is 12.1. The quantitative estimate of drug-likeness (QED) is 0.934. The van der Waals surface area contributed by atoms with Crippen LogP contribution in [0.5, 0.6) is 0 Å². The summed E-state index contributed by atoms with van der Waals surface area (Å²) >= 11 is 3.47. The predicted octanol–water partition coefficient (Wildman–Crippen LogP) is 3.45. The summed E-state index contributed by atoms with van der Waals surface area (Å²) in [4.78, 5) is 14.0. The van der Waals surface area contributed by atoms with E-state index >= 15 is 0 Å². The van der Waals surface area contributed by atoms with Gasteiger partial charge in [-0.1, -0.05) is 46.3 Å². The van der Waals surface area contributed by atoms with E-state index in [1.807, 2.05) is 41.3 Å². The number of nitrogens with zero attached hydrogens (tertiary/aromatic N) is 1. The van der Waals surface area contributed by atoms with Gasteiger partial charge in [0.25, 0.3) is 0 Å². The number of hydrogen-bond acceptors (Lipinski definition) is 2. The van der Waals surface area contributed by atoms with Gasteiger partial charge >= 0.3 is 0 Å². The summed E-state index contributed by atoms with van der Waals surface area (Å²) in [6.45, 7) is 1.07. The fraction of sp³-hybridized carbons (Fsp3) is 0.188. The molecule has 0 saturated carbocycles. The zero-order chi connectivity index (χ0) is 13.9. The number of fused-ring (bicyclic) bond motifs is 1. The molecule has 3 rings (SSSR count). The molecule has 102 valence electrons. The molecule has 0 spiro atoms. The summed E-state index contributed by atoms with van der Waals surface area (Å²) in [5.41, 5.74) is 3.21. The van der Waals surface area contributed by atoms with Crippen molar-refractivity contribution < 1.29 is 4.79 Å². The Morgan fingerprint density at radius 3 is 2.75 bits per heavy atom. The van der Waals surface area contributed by atoms with Crippen molar-refractivity contribution in [2.75, 3.05) is 23.3 Å². The lowest BCUT2D eigenvalue weighted by molar-refractivity contribution is -0.117. The molecule has 4 heteroatoms. The number of amides is 1. The van der Waals surface area contributed by atoms with Gasteiger partial charge in [-0.3, -0.25) is 4.79 Å². The Labute approximate surface area is 126 Å². The average Bonchev–Trinajstić information content (AvgIpc) is 2.47. The van der Waals surface area contributed by atoms with E-state index in [-0.39, 0.29) is 5.91 Å². The lowest BCUT2D eigenvalue weighted by Gasteiger charge is -2.30. The number of benzene rings is 2. The molecule has 3 nitrogen and oxygen atoms in total. The van der Waals surface area contributed by atoms with Crippen molar-refractivity contribution in [1.82, 2.24) is 0 Å². The Morgan fingerprint density at radius 2 is 1.95 bits per heavy atom. The van der Waals surface area contributed by atoms with Gasteiger partial charge in [-0.25, -0.2) is 0 Å². The summed E-state index contributed by atoms with van der Waals surface area (Å²) in [7, 11) is 0. The van der Waals surface area contributed by atoms with Crippen molar-refractivity contribution in [1.29, 1.82) is 0 Å². The van der Waals surface area contributed by atoms with Gasteiger partial charge in [0.05, 0.1) is 17.9 Å². The molecule has 0 saturated heterocycles. The second kappa shape index (κ2) is 5.67. The minimum atomic E-state index is 0.117. The summed E-state index contributed by atoms with van der Waals surface area (Å²) < 4.78 is 0.984. The van der Waals surface area contributed by atoms with Crippen molar-refractivity contribution >= 4 is 33.2 Å². The molecule has 1 N–H and O–H groups in total. The third-order valence-electron chi connectivity index (χ3n) is 3.45. The number of nitrogens with one attached hydrogen (secondary N) is 1. The highest BCUT2D eigenvalue weighted by atomic mass is 79.9. The van der Waals surface area contributed by atoms with E-state index in [9.17, 15) is 4.79 Å². The van der Waals surface area contributed by atoms with Crippen LogP contribution in [0.1, 0.15) is 5.56 Å². The standard InChI is InChI=1S/C16H15BrN2O/c17-13-6-7-14-15(10-13)19(16(20)11-18-14)9-8-12-4-2-1-3-5-12/h1-7,10,18H,8-9,11H2. The first-order chi connectivity index (χ1) is 9.74. The van der Waals surface area contributed by atoms with Crippen LogP contribution < -0.4 is 10.2 Å². The van der Waals surface area contributed by atoms with Crippen LogP contribution >= 0.6 is 15.9 Å². The zero-order valence-electron chi connectivity index (χ0n) is 11.0. The molecule has 0 fully saturated rings. The average molecular weight is 331 g/mol. The van der Waals surface area contributed by atoms with E-state index < -0.39 is 0 Å². The largest absolute Gasteiger partial charge is 0.374 e. The van der Waals surface area contributed by atoms with Gasteiger partial charge in [0.1, 0.15) is 0 Å². The molecule has 0 atom stereocenters.